The number of alkyl halides is 1. The Morgan fingerprint density at radius 2 is 2.31 bits per heavy atom. The summed E-state index contributed by atoms with van der Waals surface area (Å²) in [4.78, 5) is 0.899. The fourth-order valence-electron chi connectivity index (χ4n) is 1.81. The number of halogens is 1. The molecule has 1 aliphatic heterocycles. The second-order valence-corrected chi connectivity index (χ2v) is 4.49. The first-order valence-electron chi connectivity index (χ1n) is 4.75. The summed E-state index contributed by atoms with van der Waals surface area (Å²) < 4.78 is 14.4. The molecule has 1 unspecified atom stereocenters. The summed E-state index contributed by atoms with van der Waals surface area (Å²) in [7, 11) is 0. The molecule has 0 aliphatic carbocycles. The van der Waals surface area contributed by atoms with Crippen molar-refractivity contribution in [2.75, 3.05) is 13.1 Å². The van der Waals surface area contributed by atoms with E-state index in [4.69, 9.17) is 0 Å². The number of hydrogen-bond donors (Lipinski definition) is 1. The van der Waals surface area contributed by atoms with Gasteiger partial charge in [0, 0.05) is 4.88 Å². The quantitative estimate of drug-likeness (QED) is 0.733. The van der Waals surface area contributed by atoms with Crippen LogP contribution in [0.25, 0.3) is 0 Å². The lowest BCUT2D eigenvalue weighted by atomic mass is 9.95. The Labute approximate surface area is 82.0 Å². The highest BCUT2D eigenvalue weighted by Crippen LogP contribution is 2.37. The van der Waals surface area contributed by atoms with Crippen molar-refractivity contribution >= 4 is 11.3 Å². The van der Waals surface area contributed by atoms with E-state index in [0.717, 1.165) is 24.4 Å². The van der Waals surface area contributed by atoms with E-state index < -0.39 is 5.67 Å². The molecule has 2 rings (SSSR count). The van der Waals surface area contributed by atoms with Gasteiger partial charge in [-0.15, -0.1) is 11.3 Å². The van der Waals surface area contributed by atoms with E-state index in [1.807, 2.05) is 17.5 Å². The SMILES string of the molecule is FC1(c2cccs2)CCCNCC1. The first-order chi connectivity index (χ1) is 6.31. The van der Waals surface area contributed by atoms with Gasteiger partial charge in [0.05, 0.1) is 0 Å². The maximum atomic E-state index is 14.4. The summed E-state index contributed by atoms with van der Waals surface area (Å²) in [6.07, 6.45) is 2.22. The lowest BCUT2D eigenvalue weighted by molar-refractivity contribution is 0.150. The first kappa shape index (κ1) is 9.16. The van der Waals surface area contributed by atoms with Crippen LogP contribution >= 0.6 is 11.3 Å². The highest BCUT2D eigenvalue weighted by molar-refractivity contribution is 7.10. The van der Waals surface area contributed by atoms with Crippen LogP contribution in [0, 0.1) is 0 Å². The molecule has 0 aromatic carbocycles. The predicted molar refractivity (Wildman–Crippen MR) is 53.8 cm³/mol. The summed E-state index contributed by atoms with van der Waals surface area (Å²) in [6, 6.07) is 3.84. The second kappa shape index (κ2) is 3.76. The lowest BCUT2D eigenvalue weighted by Gasteiger charge is -2.21. The van der Waals surface area contributed by atoms with E-state index in [2.05, 4.69) is 5.32 Å². The van der Waals surface area contributed by atoms with E-state index in [-0.39, 0.29) is 0 Å². The zero-order valence-corrected chi connectivity index (χ0v) is 8.37. The highest BCUT2D eigenvalue weighted by Gasteiger charge is 2.33. The Kier molecular flexibility index (Phi) is 2.65. The number of rotatable bonds is 1. The molecule has 13 heavy (non-hydrogen) atoms. The van der Waals surface area contributed by atoms with Gasteiger partial charge in [0.1, 0.15) is 5.67 Å². The smallest absolute Gasteiger partial charge is 0.146 e. The van der Waals surface area contributed by atoms with E-state index in [1.54, 1.807) is 0 Å². The molecule has 1 N–H and O–H groups in total. The number of nitrogens with one attached hydrogen (secondary N) is 1. The van der Waals surface area contributed by atoms with Crippen LogP contribution in [0.2, 0.25) is 0 Å². The molecule has 1 nitrogen and oxygen atoms in total. The summed E-state index contributed by atoms with van der Waals surface area (Å²) in [5.74, 6) is 0. The Hall–Kier alpha value is -0.410. The van der Waals surface area contributed by atoms with Crippen LogP contribution in [-0.4, -0.2) is 13.1 Å². The molecule has 0 bridgehead atoms. The third-order valence-electron chi connectivity index (χ3n) is 2.59. The van der Waals surface area contributed by atoms with Crippen LogP contribution in [-0.2, 0) is 5.67 Å². The summed E-state index contributed by atoms with van der Waals surface area (Å²) in [6.45, 7) is 1.76. The fraction of sp³-hybridized carbons (Fsp3) is 0.600. The predicted octanol–water partition coefficient (Wildman–Crippen LogP) is 2.69. The molecule has 1 saturated heterocycles. The van der Waals surface area contributed by atoms with Gasteiger partial charge in [-0.2, -0.15) is 0 Å². The van der Waals surface area contributed by atoms with Crippen LogP contribution in [0.5, 0.6) is 0 Å². The van der Waals surface area contributed by atoms with Crippen LogP contribution in [0.15, 0.2) is 17.5 Å². The third-order valence-corrected chi connectivity index (χ3v) is 3.64. The average Bonchev–Trinajstić information content (AvgIpc) is 2.57. The monoisotopic (exact) mass is 199 g/mol. The molecule has 1 aromatic rings. The molecule has 2 heterocycles. The van der Waals surface area contributed by atoms with E-state index in [9.17, 15) is 4.39 Å². The molecule has 0 amide bonds. The topological polar surface area (TPSA) is 12.0 Å². The molecule has 1 aliphatic rings. The highest BCUT2D eigenvalue weighted by atomic mass is 32.1. The fourth-order valence-corrected chi connectivity index (χ4v) is 2.69. The van der Waals surface area contributed by atoms with Gasteiger partial charge in [0.25, 0.3) is 0 Å². The zero-order chi connectivity index (χ0) is 9.15. The molecule has 1 aromatic heterocycles. The molecule has 72 valence electrons. The normalized spacial score (nSPS) is 29.9. The van der Waals surface area contributed by atoms with Crippen molar-refractivity contribution in [3.05, 3.63) is 22.4 Å². The summed E-state index contributed by atoms with van der Waals surface area (Å²) in [5, 5.41) is 5.18. The van der Waals surface area contributed by atoms with Gasteiger partial charge in [0.15, 0.2) is 0 Å². The molecule has 0 saturated carbocycles. The second-order valence-electron chi connectivity index (χ2n) is 3.55. The van der Waals surface area contributed by atoms with Crippen LogP contribution < -0.4 is 5.32 Å². The van der Waals surface area contributed by atoms with Gasteiger partial charge >= 0.3 is 0 Å². The van der Waals surface area contributed by atoms with Crippen molar-refractivity contribution in [2.45, 2.75) is 24.9 Å². The van der Waals surface area contributed by atoms with E-state index >= 15 is 0 Å². The Balaban J connectivity index is 2.17. The molecular formula is C10H14FNS. The van der Waals surface area contributed by atoms with E-state index in [0.29, 0.717) is 12.8 Å². The lowest BCUT2D eigenvalue weighted by Crippen LogP contribution is -2.21. The molecule has 1 fully saturated rings. The Morgan fingerprint density at radius 3 is 3.08 bits per heavy atom. The average molecular weight is 199 g/mol. The van der Waals surface area contributed by atoms with Crippen molar-refractivity contribution in [2.24, 2.45) is 0 Å². The number of hydrogen-bond acceptors (Lipinski definition) is 2. The minimum Gasteiger partial charge on any atom is -0.317 e. The van der Waals surface area contributed by atoms with Crippen molar-refractivity contribution in [1.29, 1.82) is 0 Å². The van der Waals surface area contributed by atoms with Crippen molar-refractivity contribution < 1.29 is 4.39 Å². The number of thiophene rings is 1. The summed E-state index contributed by atoms with van der Waals surface area (Å²) >= 11 is 1.53. The Morgan fingerprint density at radius 1 is 1.38 bits per heavy atom. The minimum atomic E-state index is -1.06. The molecular weight excluding hydrogens is 185 g/mol. The van der Waals surface area contributed by atoms with Crippen LogP contribution in [0.3, 0.4) is 0 Å². The van der Waals surface area contributed by atoms with Crippen molar-refractivity contribution in [1.82, 2.24) is 5.32 Å². The molecule has 1 atom stereocenters. The van der Waals surface area contributed by atoms with Crippen LogP contribution in [0.4, 0.5) is 4.39 Å². The molecule has 0 radical (unpaired) electrons. The van der Waals surface area contributed by atoms with Gasteiger partial charge < -0.3 is 5.32 Å². The van der Waals surface area contributed by atoms with Gasteiger partial charge in [-0.1, -0.05) is 6.07 Å². The van der Waals surface area contributed by atoms with Crippen LogP contribution in [0.1, 0.15) is 24.1 Å². The van der Waals surface area contributed by atoms with Gasteiger partial charge in [0.2, 0.25) is 0 Å². The first-order valence-corrected chi connectivity index (χ1v) is 5.63. The standard InChI is InChI=1S/C10H14FNS/c11-10(9-3-1-8-13-9)4-2-6-12-7-5-10/h1,3,8,12H,2,4-7H2. The summed E-state index contributed by atoms with van der Waals surface area (Å²) in [5.41, 5.74) is -1.06. The largest absolute Gasteiger partial charge is 0.317 e. The van der Waals surface area contributed by atoms with Crippen molar-refractivity contribution in [3.8, 4) is 0 Å². The maximum Gasteiger partial charge on any atom is 0.146 e. The molecule has 3 heteroatoms. The minimum absolute atomic E-state index is 0.619. The van der Waals surface area contributed by atoms with Gasteiger partial charge in [-0.25, -0.2) is 4.39 Å². The Bertz CT molecular complexity index is 250. The third kappa shape index (κ3) is 1.92. The van der Waals surface area contributed by atoms with Gasteiger partial charge in [-0.3, -0.25) is 0 Å². The molecule has 0 spiro atoms. The maximum absolute atomic E-state index is 14.4. The zero-order valence-electron chi connectivity index (χ0n) is 7.55. The van der Waals surface area contributed by atoms with Gasteiger partial charge in [-0.05, 0) is 43.8 Å². The van der Waals surface area contributed by atoms with Crippen molar-refractivity contribution in [3.63, 3.8) is 0 Å². The van der Waals surface area contributed by atoms with E-state index in [1.165, 1.54) is 11.3 Å².